The number of likely N-dealkylation sites (N-methyl/N-ethyl adjacent to an activating group) is 1. The van der Waals surface area contributed by atoms with Gasteiger partial charge in [0.15, 0.2) is 11.6 Å². The molecule has 0 aliphatic heterocycles. The van der Waals surface area contributed by atoms with E-state index >= 15 is 0 Å². The first-order valence-corrected chi connectivity index (χ1v) is 22.9. The molecule has 0 rings (SSSR count). The third kappa shape index (κ3) is 66.4. The molecule has 0 spiro atoms. The average molecular weight is 904 g/mol. The van der Waals surface area contributed by atoms with Crippen LogP contribution in [-0.4, -0.2) is 134 Å². The summed E-state index contributed by atoms with van der Waals surface area (Å²) in [6.07, 6.45) is 0.295. The predicted octanol–water partition coefficient (Wildman–Crippen LogP) is 0.515. The summed E-state index contributed by atoms with van der Waals surface area (Å²) in [5.41, 5.74) is 3.43. The molecule has 56 heavy (non-hydrogen) atoms. The van der Waals surface area contributed by atoms with Crippen LogP contribution in [0.1, 0.15) is 47.5 Å². The van der Waals surface area contributed by atoms with Gasteiger partial charge in [0.25, 0.3) is 0 Å². The molecule has 0 fully saturated rings. The second-order valence-electron chi connectivity index (χ2n) is 11.2. The van der Waals surface area contributed by atoms with E-state index in [2.05, 4.69) is 61.7 Å². The molecule has 0 aromatic heterocycles. The van der Waals surface area contributed by atoms with E-state index in [4.69, 9.17) is 17.9 Å². The van der Waals surface area contributed by atoms with Crippen LogP contribution >= 0.6 is 0 Å². The summed E-state index contributed by atoms with van der Waals surface area (Å²) in [5.74, 6) is -0.539. The Morgan fingerprint density at radius 1 is 0.679 bits per heavy atom. The number of ketones is 2. The lowest BCUT2D eigenvalue weighted by atomic mass is 10.2. The second-order valence-corrected chi connectivity index (χ2v) is 18.1. The van der Waals surface area contributed by atoms with Crippen LogP contribution in [0.2, 0.25) is 0 Å². The van der Waals surface area contributed by atoms with Crippen LogP contribution in [0.4, 0.5) is 0 Å². The molecule has 6 N–H and O–H groups in total. The molecule has 0 bridgehead atoms. The van der Waals surface area contributed by atoms with Gasteiger partial charge in [0.1, 0.15) is 0 Å². The Kier molecular flexibility index (Phi) is 47.6. The molecular formula is C32H65N5O14S5. The number of primary sulfonamides is 1. The quantitative estimate of drug-likeness (QED) is 0.0501. The zero-order valence-corrected chi connectivity index (χ0v) is 38.2. The van der Waals surface area contributed by atoms with Gasteiger partial charge in [-0.3, -0.25) is 13.8 Å². The largest absolute Gasteiger partial charge is 0.376 e. The molecule has 0 aliphatic carbocycles. The van der Waals surface area contributed by atoms with E-state index in [9.17, 15) is 39.1 Å². The second kappa shape index (κ2) is 40.7. The first kappa shape index (κ1) is 65.4. The number of sulfonamides is 3. The average Bonchev–Trinajstić information content (AvgIpc) is 3.07. The summed E-state index contributed by atoms with van der Waals surface area (Å²) >= 11 is -2.24. The molecule has 24 heteroatoms. The van der Waals surface area contributed by atoms with Gasteiger partial charge in [-0.2, -0.15) is 8.42 Å². The fraction of sp³-hybridized carbons (Fsp3) is 0.625. The minimum Gasteiger partial charge on any atom is -0.376 e. The van der Waals surface area contributed by atoms with Gasteiger partial charge in [-0.05, 0) is 66.9 Å². The minimum absolute atomic E-state index is 0.00148. The molecule has 0 saturated heterocycles. The number of hydrogen-bond acceptors (Lipinski definition) is 15. The van der Waals surface area contributed by atoms with Crippen molar-refractivity contribution >= 4 is 64.5 Å². The zero-order valence-electron chi connectivity index (χ0n) is 34.1. The number of rotatable bonds is 24. The minimum atomic E-state index is -3.32. The fourth-order valence-corrected chi connectivity index (χ4v) is 4.62. The van der Waals surface area contributed by atoms with Crippen molar-refractivity contribution in [2.45, 2.75) is 47.5 Å². The van der Waals surface area contributed by atoms with Gasteiger partial charge in [0.05, 0.1) is 50.8 Å². The molecule has 19 nitrogen and oxygen atoms in total. The lowest BCUT2D eigenvalue weighted by molar-refractivity contribution is -0.116. The highest BCUT2D eigenvalue weighted by Crippen LogP contribution is 1.98. The van der Waals surface area contributed by atoms with Gasteiger partial charge in [0.2, 0.25) is 41.3 Å². The zero-order chi connectivity index (χ0) is 45.6. The normalized spacial score (nSPS) is 10.9. The number of nitrogens with two attached hydrogens (primary N) is 1. The van der Waals surface area contributed by atoms with Gasteiger partial charge in [-0.25, -0.2) is 48.8 Å². The maximum absolute atomic E-state index is 10.9. The Hall–Kier alpha value is -2.46. The van der Waals surface area contributed by atoms with Crippen molar-refractivity contribution in [2.75, 3.05) is 85.0 Å². The lowest BCUT2D eigenvalue weighted by Gasteiger charge is -2.03. The van der Waals surface area contributed by atoms with Crippen LogP contribution in [0.5, 0.6) is 0 Å². The summed E-state index contributed by atoms with van der Waals surface area (Å²) in [4.78, 5) is 21.8. The Bertz CT molecular complexity index is 1580. The van der Waals surface area contributed by atoms with Crippen LogP contribution in [0.25, 0.3) is 0 Å². The third-order valence-corrected chi connectivity index (χ3v) is 9.36. The van der Waals surface area contributed by atoms with Crippen LogP contribution in [0, 0.1) is 0 Å². The third-order valence-electron chi connectivity index (χ3n) is 5.03. The fourth-order valence-electron chi connectivity index (χ4n) is 2.34. The molecule has 0 aromatic carbocycles. The van der Waals surface area contributed by atoms with E-state index < -0.39 is 52.9 Å². The lowest BCUT2D eigenvalue weighted by Crippen LogP contribution is -2.24. The van der Waals surface area contributed by atoms with Crippen LogP contribution in [-0.2, 0) is 76.2 Å². The van der Waals surface area contributed by atoms with Crippen LogP contribution < -0.4 is 24.6 Å². The summed E-state index contributed by atoms with van der Waals surface area (Å²) in [5, 5.41) is 7.63. The standard InChI is InChI=1S/C7H15NO3S.2C7H13NO3S.C7H15NO.C4H9NO2S.O2S/c1-7(2)6-11-4-5-12(9,10)8-3;1-6(2)7(9)4-5-8-12(10)11-3;1-6(2)7(9)4-5-12(10,11)8-3;1-7(2)6-9-5-4-8-3;1-4(2)3-8(5,6)7;1-3-2/h8H,1,4-6H2,2-3H3;2*8H,1,4-5H2,2-3H3;8H,1,4-6H2,2-3H3;1,3H2,2H3,(H2,5,6,7);. The molecule has 0 saturated carbocycles. The van der Waals surface area contributed by atoms with Crippen molar-refractivity contribution in [2.24, 2.45) is 5.14 Å². The van der Waals surface area contributed by atoms with Crippen LogP contribution in [0.3, 0.4) is 0 Å². The molecule has 0 aliphatic rings. The summed E-state index contributed by atoms with van der Waals surface area (Å²) in [6, 6.07) is 0. The van der Waals surface area contributed by atoms with Crippen molar-refractivity contribution < 1.29 is 61.1 Å². The van der Waals surface area contributed by atoms with E-state index in [1.54, 1.807) is 20.8 Å². The van der Waals surface area contributed by atoms with Gasteiger partial charge < -0.3 is 14.8 Å². The van der Waals surface area contributed by atoms with E-state index in [-0.39, 0.29) is 41.9 Å². The van der Waals surface area contributed by atoms with Gasteiger partial charge in [-0.15, -0.1) is 0 Å². The van der Waals surface area contributed by atoms with E-state index in [1.165, 1.54) is 21.2 Å². The highest BCUT2D eigenvalue weighted by Gasteiger charge is 2.11. The Morgan fingerprint density at radius 2 is 1.07 bits per heavy atom. The molecule has 0 radical (unpaired) electrons. The van der Waals surface area contributed by atoms with E-state index in [0.29, 0.717) is 42.9 Å². The van der Waals surface area contributed by atoms with Gasteiger partial charge in [-0.1, -0.05) is 49.6 Å². The number of nitrogens with one attached hydrogen (secondary N) is 4. The van der Waals surface area contributed by atoms with Crippen LogP contribution in [0.15, 0.2) is 60.8 Å². The predicted molar refractivity (Wildman–Crippen MR) is 225 cm³/mol. The molecule has 0 heterocycles. The Morgan fingerprint density at radius 3 is 1.38 bits per heavy atom. The van der Waals surface area contributed by atoms with Crippen molar-refractivity contribution in [3.8, 4) is 0 Å². The summed E-state index contributed by atoms with van der Waals surface area (Å²) in [6.45, 7) is 29.5. The van der Waals surface area contributed by atoms with Crippen molar-refractivity contribution in [1.82, 2.24) is 19.5 Å². The maximum atomic E-state index is 10.9. The number of carbonyl (C=O) groups excluding carboxylic acids is 2. The van der Waals surface area contributed by atoms with Gasteiger partial charge >= 0.3 is 11.6 Å². The molecule has 1 unspecified atom stereocenters. The number of carbonyl (C=O) groups is 2. The number of ether oxygens (including phenoxy) is 2. The number of Topliss-reactive ketones (excluding diaryl/α,β-unsaturated/α-hetero) is 2. The van der Waals surface area contributed by atoms with Crippen molar-refractivity contribution in [1.29, 1.82) is 0 Å². The summed E-state index contributed by atoms with van der Waals surface area (Å²) in [7, 11) is -3.77. The van der Waals surface area contributed by atoms with E-state index in [1.807, 2.05) is 20.9 Å². The number of hydrogen-bond donors (Lipinski definition) is 5. The molecule has 0 aromatic rings. The summed E-state index contributed by atoms with van der Waals surface area (Å²) < 4.78 is 112. The van der Waals surface area contributed by atoms with Crippen molar-refractivity contribution in [3.63, 3.8) is 0 Å². The molecule has 332 valence electrons. The highest BCUT2D eigenvalue weighted by molar-refractivity contribution is 7.89. The SMILES string of the molecule is C=C(C)C(=O)CCNS(=O)OC.C=C(C)C(=O)CCS(=O)(=O)NC.C=C(C)COCCNC.C=C(C)COCCS(=O)(=O)NC.C=C(C)CS(N)(=O)=O.O=S=O. The van der Waals surface area contributed by atoms with Gasteiger partial charge in [0, 0.05) is 25.9 Å². The molecule has 0 amide bonds. The van der Waals surface area contributed by atoms with Crippen molar-refractivity contribution in [3.05, 3.63) is 60.8 Å². The maximum Gasteiger partial charge on any atom is 0.335 e. The Balaban J connectivity index is -0.000000138. The highest BCUT2D eigenvalue weighted by atomic mass is 32.2. The number of allylic oxidation sites excluding steroid dienone is 2. The smallest absolute Gasteiger partial charge is 0.335 e. The molecule has 1 atom stereocenters. The monoisotopic (exact) mass is 903 g/mol. The molecular weight excluding hydrogens is 839 g/mol. The topological polar surface area (TPSA) is 290 Å². The first-order chi connectivity index (χ1) is 25.5. The Labute approximate surface area is 342 Å². The van der Waals surface area contributed by atoms with E-state index in [0.717, 1.165) is 24.3 Å². The first-order valence-electron chi connectivity index (χ1n) is 16.1.